The van der Waals surface area contributed by atoms with Gasteiger partial charge in [0.1, 0.15) is 0 Å². The molecule has 0 saturated heterocycles. The summed E-state index contributed by atoms with van der Waals surface area (Å²) in [4.78, 5) is 0. The van der Waals surface area contributed by atoms with E-state index in [0.29, 0.717) is 11.9 Å². The van der Waals surface area contributed by atoms with Crippen LogP contribution in [0.3, 0.4) is 0 Å². The van der Waals surface area contributed by atoms with Gasteiger partial charge in [0.2, 0.25) is 0 Å². The third kappa shape index (κ3) is 8.27. The molecule has 0 bridgehead atoms. The first kappa shape index (κ1) is 10.3. The number of rotatable bonds is 6. The third-order valence-corrected chi connectivity index (χ3v) is 1.98. The lowest BCUT2D eigenvalue weighted by molar-refractivity contribution is 0.103. The fourth-order valence-electron chi connectivity index (χ4n) is 0.509. The van der Waals surface area contributed by atoms with Gasteiger partial charge in [-0.2, -0.15) is 11.8 Å². The van der Waals surface area contributed by atoms with Crippen molar-refractivity contribution in [3.8, 4) is 0 Å². The second-order valence-electron chi connectivity index (χ2n) is 2.26. The zero-order valence-electron chi connectivity index (χ0n) is 6.67. The summed E-state index contributed by atoms with van der Waals surface area (Å²) in [6, 6.07) is 0. The molecule has 0 rings (SSSR count). The molecule has 0 atom stereocenters. The third-order valence-electron chi connectivity index (χ3n) is 0.914. The van der Waals surface area contributed by atoms with Gasteiger partial charge in [-0.15, -0.1) is 0 Å². The summed E-state index contributed by atoms with van der Waals surface area (Å²) >= 11 is 1.88. The maximum Gasteiger partial charge on any atom is 0.0698 e. The molecule has 10 heavy (non-hydrogen) atoms. The fraction of sp³-hybridized carbons (Fsp3) is 1.00. The molecular formula is C7H16O2S. The van der Waals surface area contributed by atoms with Crippen molar-refractivity contribution in [2.75, 3.05) is 25.6 Å². The highest BCUT2D eigenvalue weighted by atomic mass is 32.2. The van der Waals surface area contributed by atoms with Crippen molar-refractivity contribution in [3.63, 3.8) is 0 Å². The largest absolute Gasteiger partial charge is 0.394 e. The van der Waals surface area contributed by atoms with E-state index in [2.05, 4.69) is 13.8 Å². The van der Waals surface area contributed by atoms with Crippen LogP contribution in [-0.4, -0.2) is 35.9 Å². The van der Waals surface area contributed by atoms with E-state index in [4.69, 9.17) is 9.84 Å². The Morgan fingerprint density at radius 1 is 1.40 bits per heavy atom. The monoisotopic (exact) mass is 164 g/mol. The molecule has 0 spiro atoms. The lowest BCUT2D eigenvalue weighted by atomic mass is 10.6. The lowest BCUT2D eigenvalue weighted by Crippen LogP contribution is -2.03. The van der Waals surface area contributed by atoms with E-state index in [1.807, 2.05) is 11.8 Å². The normalized spacial score (nSPS) is 10.8. The van der Waals surface area contributed by atoms with Crippen LogP contribution >= 0.6 is 11.8 Å². The summed E-state index contributed by atoms with van der Waals surface area (Å²) in [6.45, 7) is 5.68. The molecule has 0 saturated carbocycles. The number of hydrogen-bond acceptors (Lipinski definition) is 3. The minimum atomic E-state index is 0.131. The quantitative estimate of drug-likeness (QED) is 0.597. The Labute approximate surface area is 67.0 Å². The van der Waals surface area contributed by atoms with E-state index >= 15 is 0 Å². The highest BCUT2D eigenvalue weighted by Gasteiger charge is 1.92. The van der Waals surface area contributed by atoms with Crippen LogP contribution in [0.25, 0.3) is 0 Å². The van der Waals surface area contributed by atoms with E-state index in [9.17, 15) is 0 Å². The van der Waals surface area contributed by atoms with Crippen molar-refractivity contribution in [1.29, 1.82) is 0 Å². The summed E-state index contributed by atoms with van der Waals surface area (Å²) in [5, 5.41) is 9.02. The van der Waals surface area contributed by atoms with Crippen molar-refractivity contribution < 1.29 is 9.84 Å². The number of aliphatic hydroxyl groups is 1. The second-order valence-corrected chi connectivity index (χ2v) is 3.94. The molecule has 0 aromatic heterocycles. The Morgan fingerprint density at radius 3 is 2.60 bits per heavy atom. The van der Waals surface area contributed by atoms with Gasteiger partial charge in [0.05, 0.1) is 19.8 Å². The van der Waals surface area contributed by atoms with Crippen LogP contribution in [0, 0.1) is 0 Å². The van der Waals surface area contributed by atoms with Gasteiger partial charge in [0.15, 0.2) is 0 Å². The van der Waals surface area contributed by atoms with Crippen LogP contribution in [0.15, 0.2) is 0 Å². The molecule has 1 N–H and O–H groups in total. The molecule has 0 unspecified atom stereocenters. The predicted octanol–water partition coefficient (Wildman–Crippen LogP) is 1.14. The minimum Gasteiger partial charge on any atom is -0.394 e. The topological polar surface area (TPSA) is 29.5 Å². The van der Waals surface area contributed by atoms with E-state index in [0.717, 1.165) is 12.4 Å². The Morgan fingerprint density at radius 2 is 2.10 bits per heavy atom. The smallest absolute Gasteiger partial charge is 0.0698 e. The summed E-state index contributed by atoms with van der Waals surface area (Å²) in [5.41, 5.74) is 0. The Balaban J connectivity index is 2.77. The molecule has 0 aromatic carbocycles. The average molecular weight is 164 g/mol. The Hall–Kier alpha value is 0.270. The first-order valence-electron chi connectivity index (χ1n) is 3.57. The molecule has 0 aliphatic rings. The summed E-state index contributed by atoms with van der Waals surface area (Å²) in [5.74, 6) is 1.03. The molecule has 0 amide bonds. The van der Waals surface area contributed by atoms with Crippen molar-refractivity contribution in [3.05, 3.63) is 0 Å². The molecule has 0 aliphatic carbocycles. The zero-order chi connectivity index (χ0) is 7.82. The van der Waals surface area contributed by atoms with Gasteiger partial charge in [0, 0.05) is 5.75 Å². The summed E-state index contributed by atoms with van der Waals surface area (Å²) in [7, 11) is 0. The highest BCUT2D eigenvalue weighted by molar-refractivity contribution is 7.99. The van der Waals surface area contributed by atoms with Crippen LogP contribution in [0.1, 0.15) is 13.8 Å². The highest BCUT2D eigenvalue weighted by Crippen LogP contribution is 2.07. The molecule has 3 heteroatoms. The zero-order valence-corrected chi connectivity index (χ0v) is 7.49. The Bertz CT molecular complexity index is 66.6. The van der Waals surface area contributed by atoms with E-state index in [1.54, 1.807) is 0 Å². The number of ether oxygens (including phenoxy) is 1. The molecule has 0 radical (unpaired) electrons. The van der Waals surface area contributed by atoms with Gasteiger partial charge >= 0.3 is 0 Å². The van der Waals surface area contributed by atoms with Gasteiger partial charge in [-0.3, -0.25) is 0 Å². The molecule has 0 heterocycles. The van der Waals surface area contributed by atoms with E-state index in [-0.39, 0.29) is 6.61 Å². The van der Waals surface area contributed by atoms with Crippen LogP contribution < -0.4 is 0 Å². The second kappa shape index (κ2) is 7.38. The van der Waals surface area contributed by atoms with Crippen molar-refractivity contribution in [2.24, 2.45) is 0 Å². The number of hydrogen-bond donors (Lipinski definition) is 1. The fourth-order valence-corrected chi connectivity index (χ4v) is 1.19. The first-order chi connectivity index (χ1) is 4.77. The van der Waals surface area contributed by atoms with Gasteiger partial charge in [-0.05, 0) is 5.25 Å². The van der Waals surface area contributed by atoms with E-state index in [1.165, 1.54) is 0 Å². The van der Waals surface area contributed by atoms with Gasteiger partial charge < -0.3 is 9.84 Å². The molecule has 0 aliphatic heterocycles. The van der Waals surface area contributed by atoms with Gasteiger partial charge in [0.25, 0.3) is 0 Å². The SMILES string of the molecule is CC(C)SCCOCCO. The molecule has 0 fully saturated rings. The van der Waals surface area contributed by atoms with Crippen LogP contribution in [0.2, 0.25) is 0 Å². The minimum absolute atomic E-state index is 0.131. The van der Waals surface area contributed by atoms with Crippen molar-refractivity contribution in [2.45, 2.75) is 19.1 Å². The van der Waals surface area contributed by atoms with Crippen LogP contribution in [0.4, 0.5) is 0 Å². The molecule has 2 nitrogen and oxygen atoms in total. The van der Waals surface area contributed by atoms with Crippen molar-refractivity contribution >= 4 is 11.8 Å². The lowest BCUT2D eigenvalue weighted by Gasteiger charge is -2.04. The van der Waals surface area contributed by atoms with Crippen molar-refractivity contribution in [1.82, 2.24) is 0 Å². The number of aliphatic hydroxyl groups excluding tert-OH is 1. The summed E-state index contributed by atoms with van der Waals surface area (Å²) < 4.78 is 5.06. The average Bonchev–Trinajstić information content (AvgIpc) is 1.87. The first-order valence-corrected chi connectivity index (χ1v) is 4.62. The van der Waals surface area contributed by atoms with Crippen LogP contribution in [-0.2, 0) is 4.74 Å². The molecule has 0 aromatic rings. The Kier molecular flexibility index (Phi) is 7.58. The van der Waals surface area contributed by atoms with Gasteiger partial charge in [-0.1, -0.05) is 13.8 Å². The number of thioether (sulfide) groups is 1. The van der Waals surface area contributed by atoms with Crippen LogP contribution in [0.5, 0.6) is 0 Å². The van der Waals surface area contributed by atoms with Gasteiger partial charge in [-0.25, -0.2) is 0 Å². The molecule has 62 valence electrons. The standard InChI is InChI=1S/C7H16O2S/c1-7(2)10-6-5-9-4-3-8/h7-8H,3-6H2,1-2H3. The predicted molar refractivity (Wildman–Crippen MR) is 45.5 cm³/mol. The van der Waals surface area contributed by atoms with E-state index < -0.39 is 0 Å². The summed E-state index contributed by atoms with van der Waals surface area (Å²) in [6.07, 6.45) is 0. The maximum atomic E-state index is 8.34. The molecular weight excluding hydrogens is 148 g/mol. The maximum absolute atomic E-state index is 8.34.